The molecule has 1 aromatic rings. The number of hydrogen-bond acceptors (Lipinski definition) is 4. The fourth-order valence-electron chi connectivity index (χ4n) is 1.84. The molecule has 7 nitrogen and oxygen atoms in total. The fraction of sp³-hybridized carbons (Fsp3) is 0.500. The Labute approximate surface area is 124 Å². The Bertz CT molecular complexity index is 511. The SMILES string of the molecule is CCCOc1ccc(C(C)(NCCN=[N+]=[N-])C(N)=O)cc1. The molecule has 1 rings (SSSR count). The van der Waals surface area contributed by atoms with Gasteiger partial charge in [-0.2, -0.15) is 0 Å². The minimum absolute atomic E-state index is 0.247. The van der Waals surface area contributed by atoms with Crippen LogP contribution in [0.3, 0.4) is 0 Å². The van der Waals surface area contributed by atoms with Crippen LogP contribution in [0.5, 0.6) is 5.75 Å². The molecule has 1 atom stereocenters. The van der Waals surface area contributed by atoms with Crippen molar-refractivity contribution in [1.82, 2.24) is 5.32 Å². The first-order valence-corrected chi connectivity index (χ1v) is 6.83. The second kappa shape index (κ2) is 8.14. The normalized spacial score (nSPS) is 13.0. The van der Waals surface area contributed by atoms with Crippen molar-refractivity contribution < 1.29 is 9.53 Å². The third-order valence-corrected chi connectivity index (χ3v) is 3.15. The van der Waals surface area contributed by atoms with E-state index in [0.717, 1.165) is 17.7 Å². The predicted molar refractivity (Wildman–Crippen MR) is 80.8 cm³/mol. The van der Waals surface area contributed by atoms with Crippen molar-refractivity contribution in [2.24, 2.45) is 10.8 Å². The molecular weight excluding hydrogens is 270 g/mol. The molecule has 7 heteroatoms. The summed E-state index contributed by atoms with van der Waals surface area (Å²) in [6.07, 6.45) is 0.932. The molecule has 0 aliphatic rings. The molecule has 0 heterocycles. The highest BCUT2D eigenvalue weighted by atomic mass is 16.5. The summed E-state index contributed by atoms with van der Waals surface area (Å²) in [5, 5.41) is 6.45. The maximum absolute atomic E-state index is 11.8. The van der Waals surface area contributed by atoms with Crippen molar-refractivity contribution in [2.45, 2.75) is 25.8 Å². The van der Waals surface area contributed by atoms with Crippen LogP contribution in [0, 0.1) is 0 Å². The third kappa shape index (κ3) is 4.66. The molecule has 0 saturated carbocycles. The van der Waals surface area contributed by atoms with E-state index < -0.39 is 11.4 Å². The third-order valence-electron chi connectivity index (χ3n) is 3.15. The molecule has 0 aliphatic heterocycles. The number of rotatable bonds is 9. The van der Waals surface area contributed by atoms with E-state index in [-0.39, 0.29) is 6.54 Å². The van der Waals surface area contributed by atoms with Gasteiger partial charge in [-0.05, 0) is 36.6 Å². The molecule has 3 N–H and O–H groups in total. The van der Waals surface area contributed by atoms with Crippen molar-refractivity contribution in [3.8, 4) is 5.75 Å². The monoisotopic (exact) mass is 291 g/mol. The average molecular weight is 291 g/mol. The second-order valence-corrected chi connectivity index (χ2v) is 4.74. The van der Waals surface area contributed by atoms with Gasteiger partial charge in [0, 0.05) is 18.0 Å². The molecule has 0 radical (unpaired) electrons. The van der Waals surface area contributed by atoms with Gasteiger partial charge in [0.15, 0.2) is 0 Å². The van der Waals surface area contributed by atoms with Crippen LogP contribution < -0.4 is 15.8 Å². The van der Waals surface area contributed by atoms with E-state index in [1.807, 2.05) is 6.92 Å². The van der Waals surface area contributed by atoms with Gasteiger partial charge in [0.25, 0.3) is 0 Å². The van der Waals surface area contributed by atoms with Crippen LogP contribution in [0.15, 0.2) is 29.4 Å². The van der Waals surface area contributed by atoms with Crippen molar-refractivity contribution in [1.29, 1.82) is 0 Å². The second-order valence-electron chi connectivity index (χ2n) is 4.74. The van der Waals surface area contributed by atoms with Gasteiger partial charge in [0.2, 0.25) is 5.91 Å². The summed E-state index contributed by atoms with van der Waals surface area (Å²) in [5.74, 6) is 0.257. The Morgan fingerprint density at radius 1 is 1.48 bits per heavy atom. The zero-order valence-corrected chi connectivity index (χ0v) is 12.4. The largest absolute Gasteiger partial charge is 0.494 e. The van der Waals surface area contributed by atoms with Gasteiger partial charge >= 0.3 is 0 Å². The number of amides is 1. The highest BCUT2D eigenvalue weighted by molar-refractivity contribution is 5.85. The molecule has 114 valence electrons. The van der Waals surface area contributed by atoms with Crippen LogP contribution in [0.25, 0.3) is 10.4 Å². The quantitative estimate of drug-likeness (QED) is 0.314. The van der Waals surface area contributed by atoms with Gasteiger partial charge in [-0.1, -0.05) is 24.2 Å². The summed E-state index contributed by atoms with van der Waals surface area (Å²) >= 11 is 0. The number of carbonyl (C=O) groups is 1. The number of primary amides is 1. The first-order chi connectivity index (χ1) is 10.0. The van der Waals surface area contributed by atoms with Gasteiger partial charge in [-0.15, -0.1) is 0 Å². The zero-order valence-electron chi connectivity index (χ0n) is 12.4. The number of nitrogens with two attached hydrogens (primary N) is 1. The van der Waals surface area contributed by atoms with E-state index in [0.29, 0.717) is 13.2 Å². The summed E-state index contributed by atoms with van der Waals surface area (Å²) in [6, 6.07) is 7.22. The molecule has 1 aromatic carbocycles. The summed E-state index contributed by atoms with van der Waals surface area (Å²) in [4.78, 5) is 14.4. The summed E-state index contributed by atoms with van der Waals surface area (Å²) in [6.45, 7) is 4.99. The highest BCUT2D eigenvalue weighted by Crippen LogP contribution is 2.23. The van der Waals surface area contributed by atoms with Crippen LogP contribution in [0.2, 0.25) is 0 Å². The Hall–Kier alpha value is -2.24. The lowest BCUT2D eigenvalue weighted by Crippen LogP contribution is -2.51. The highest BCUT2D eigenvalue weighted by Gasteiger charge is 2.32. The van der Waals surface area contributed by atoms with Gasteiger partial charge in [0.1, 0.15) is 11.3 Å². The number of ether oxygens (including phenoxy) is 1. The summed E-state index contributed by atoms with van der Waals surface area (Å²) in [7, 11) is 0. The first kappa shape index (κ1) is 16.8. The molecule has 1 unspecified atom stereocenters. The van der Waals surface area contributed by atoms with E-state index in [1.54, 1.807) is 31.2 Å². The van der Waals surface area contributed by atoms with E-state index in [2.05, 4.69) is 15.3 Å². The number of carbonyl (C=O) groups excluding carboxylic acids is 1. The standard InChI is InChI=1S/C14H21N5O2/c1-3-10-21-12-6-4-11(5-7-12)14(2,13(15)20)17-8-9-18-19-16/h4-7,17H,3,8-10H2,1-2H3,(H2,15,20). The first-order valence-electron chi connectivity index (χ1n) is 6.83. The molecule has 0 aliphatic carbocycles. The number of nitrogens with one attached hydrogen (secondary N) is 1. The average Bonchev–Trinajstić information content (AvgIpc) is 2.49. The lowest BCUT2D eigenvalue weighted by atomic mass is 9.91. The Morgan fingerprint density at radius 3 is 2.67 bits per heavy atom. The van der Waals surface area contributed by atoms with Crippen molar-refractivity contribution >= 4 is 5.91 Å². The van der Waals surface area contributed by atoms with Crippen molar-refractivity contribution in [3.63, 3.8) is 0 Å². The van der Waals surface area contributed by atoms with Crippen LogP contribution in [0.1, 0.15) is 25.8 Å². The number of nitrogens with zero attached hydrogens (tertiary/aromatic N) is 3. The van der Waals surface area contributed by atoms with Gasteiger partial charge in [-0.3, -0.25) is 10.1 Å². The van der Waals surface area contributed by atoms with Crippen molar-refractivity contribution in [2.75, 3.05) is 19.7 Å². The molecule has 0 aromatic heterocycles. The van der Waals surface area contributed by atoms with E-state index >= 15 is 0 Å². The minimum atomic E-state index is -1.02. The van der Waals surface area contributed by atoms with E-state index in [1.165, 1.54) is 0 Å². The van der Waals surface area contributed by atoms with Gasteiger partial charge < -0.3 is 10.5 Å². The van der Waals surface area contributed by atoms with Gasteiger partial charge in [0.05, 0.1) is 6.61 Å². The van der Waals surface area contributed by atoms with Crippen molar-refractivity contribution in [3.05, 3.63) is 40.3 Å². The maximum atomic E-state index is 11.8. The lowest BCUT2D eigenvalue weighted by molar-refractivity contribution is -0.124. The molecule has 0 spiro atoms. The number of azide groups is 1. The summed E-state index contributed by atoms with van der Waals surface area (Å²) < 4.78 is 5.50. The summed E-state index contributed by atoms with van der Waals surface area (Å²) in [5.41, 5.74) is 13.5. The zero-order chi connectivity index (χ0) is 15.7. The van der Waals surface area contributed by atoms with E-state index in [4.69, 9.17) is 16.0 Å². The molecule has 0 saturated heterocycles. The van der Waals surface area contributed by atoms with Crippen LogP contribution in [-0.4, -0.2) is 25.6 Å². The Balaban J connectivity index is 2.83. The lowest BCUT2D eigenvalue weighted by Gasteiger charge is -2.28. The topological polar surface area (TPSA) is 113 Å². The Kier molecular flexibility index (Phi) is 6.52. The number of benzene rings is 1. The smallest absolute Gasteiger partial charge is 0.242 e. The molecule has 1 amide bonds. The predicted octanol–water partition coefficient (Wildman–Crippen LogP) is 2.08. The molecule has 21 heavy (non-hydrogen) atoms. The molecular formula is C14H21N5O2. The maximum Gasteiger partial charge on any atom is 0.242 e. The molecule has 0 bridgehead atoms. The fourth-order valence-corrected chi connectivity index (χ4v) is 1.84. The van der Waals surface area contributed by atoms with E-state index in [9.17, 15) is 4.79 Å². The van der Waals surface area contributed by atoms with Crippen LogP contribution >= 0.6 is 0 Å². The van der Waals surface area contributed by atoms with Gasteiger partial charge in [-0.25, -0.2) is 0 Å². The Morgan fingerprint density at radius 2 is 2.14 bits per heavy atom. The minimum Gasteiger partial charge on any atom is -0.494 e. The van der Waals surface area contributed by atoms with Crippen LogP contribution in [0.4, 0.5) is 0 Å². The number of hydrogen-bond donors (Lipinski definition) is 2. The van der Waals surface area contributed by atoms with Crippen LogP contribution in [-0.2, 0) is 10.3 Å². The molecule has 0 fully saturated rings.